The number of primary amides is 1. The number of ether oxygens (including phenoxy) is 3. The number of aliphatic imine (C=N–C) groups is 3. The topological polar surface area (TPSA) is 487 Å². The molecule has 3 aliphatic rings. The molecule has 6 atom stereocenters. The fraction of sp³-hybridized carbons (Fsp3) is 0.811. The second-order valence-corrected chi connectivity index (χ2v) is 21.6. The second-order valence-electron chi connectivity index (χ2n) is 21.6. The number of nitrogens with zero attached hydrogens (tertiary/aromatic N) is 6. The van der Waals surface area contributed by atoms with E-state index in [1.165, 1.54) is 0 Å². The van der Waals surface area contributed by atoms with Crippen molar-refractivity contribution >= 4 is 59.2 Å². The summed E-state index contributed by atoms with van der Waals surface area (Å²) >= 11 is 0. The van der Waals surface area contributed by atoms with E-state index in [1.807, 2.05) is 0 Å². The number of azide groups is 1. The summed E-state index contributed by atoms with van der Waals surface area (Å²) in [5.74, 6) is -4.77. The molecule has 20 N–H and O–H groups in total. The first-order valence-corrected chi connectivity index (χ1v) is 29.5. The number of hydrogen-bond acceptors (Lipinski definition) is 14. The first kappa shape index (κ1) is 69.6. The summed E-state index contributed by atoms with van der Waals surface area (Å²) in [5.41, 5.74) is 47.5. The van der Waals surface area contributed by atoms with Crippen LogP contribution < -0.4 is 72.0 Å². The molecule has 29 nitrogen and oxygen atoms in total. The Balaban J connectivity index is 1.89. The van der Waals surface area contributed by atoms with Gasteiger partial charge in [-0.3, -0.25) is 48.5 Å². The zero-order valence-corrected chi connectivity index (χ0v) is 48.0. The van der Waals surface area contributed by atoms with Gasteiger partial charge < -0.3 is 86.2 Å². The minimum absolute atomic E-state index is 0.0268. The lowest BCUT2D eigenvalue weighted by Gasteiger charge is -2.31. The molecule has 29 heteroatoms. The monoisotopic (exact) mass is 1160 g/mol. The molecule has 0 aromatic carbocycles. The van der Waals surface area contributed by atoms with E-state index in [4.69, 9.17) is 59.9 Å². The van der Waals surface area contributed by atoms with E-state index < -0.39 is 77.6 Å². The van der Waals surface area contributed by atoms with Gasteiger partial charge >= 0.3 is 0 Å². The van der Waals surface area contributed by atoms with E-state index in [-0.39, 0.29) is 146 Å². The predicted octanol–water partition coefficient (Wildman–Crippen LogP) is -0.187. The number of carbonyl (C=O) groups is 7. The Hall–Kier alpha value is -6.71. The summed E-state index contributed by atoms with van der Waals surface area (Å²) < 4.78 is 16.4. The first-order valence-electron chi connectivity index (χ1n) is 29.5. The number of amides is 7. The average Bonchev–Trinajstić information content (AvgIpc) is 3.49. The van der Waals surface area contributed by atoms with Gasteiger partial charge in [0.25, 0.3) is 0 Å². The van der Waals surface area contributed by atoms with Crippen LogP contribution in [0, 0.1) is 17.8 Å². The Morgan fingerprint density at radius 3 is 1.10 bits per heavy atom. The Morgan fingerprint density at radius 1 is 0.415 bits per heavy atom. The third-order valence-electron chi connectivity index (χ3n) is 14.9. The van der Waals surface area contributed by atoms with Crippen LogP contribution in [0.5, 0.6) is 0 Å². The summed E-state index contributed by atoms with van der Waals surface area (Å²) in [5, 5.41) is 20.5. The maximum atomic E-state index is 14.8. The lowest BCUT2D eigenvalue weighted by atomic mass is 9.84. The summed E-state index contributed by atoms with van der Waals surface area (Å²) in [7, 11) is 0. The van der Waals surface area contributed by atoms with E-state index in [2.05, 4.69) is 56.9 Å². The molecule has 0 aromatic heterocycles. The summed E-state index contributed by atoms with van der Waals surface area (Å²) in [6.45, 7) is 1.34. The van der Waals surface area contributed by atoms with Crippen molar-refractivity contribution in [2.24, 2.45) is 78.0 Å². The number of nitrogens with one attached hydrogen (secondary N) is 6. The minimum atomic E-state index is -1.25. The lowest BCUT2D eigenvalue weighted by Crippen LogP contribution is -2.60. The number of carbonyl (C=O) groups excluding carboxylic acids is 7. The van der Waals surface area contributed by atoms with Crippen LogP contribution in [0.3, 0.4) is 0 Å². The summed E-state index contributed by atoms with van der Waals surface area (Å²) in [4.78, 5) is 113. The highest BCUT2D eigenvalue weighted by atomic mass is 16.5. The molecule has 0 bridgehead atoms. The standard InChI is InChI=1S/C53H97N19O10/c54-45(74)38(19-10-22-62-51(55)56)67-49(78)42(32-36-15-6-2-7-16-36)70-47(76)40(21-12-24-64-53(59)60)69-50(79)43(33-37-17-8-3-9-18-37)71-46(75)39(20-11-23-63-52(57)58)68-48(77)41(31-35-13-4-1-5-14-35)66-44(73)34-82-30-29-81-28-27-80-26-25-65-72-61/h35-43H,1-34H2,(H2,54,74)(H,66,73)(H,67,78)(H,68,77)(H,69,79)(H,70,76)(H,71,75)(H4,55,56,62)(H4,57,58,63)(H4,59,60,64)/t38-,39-,40-,41+,42+,43+/m1/s1. The van der Waals surface area contributed by atoms with Crippen molar-refractivity contribution in [3.8, 4) is 0 Å². The van der Waals surface area contributed by atoms with Crippen molar-refractivity contribution in [2.45, 2.75) is 190 Å². The molecular formula is C53H97N19O10. The van der Waals surface area contributed by atoms with Crippen LogP contribution in [0.2, 0.25) is 0 Å². The quantitative estimate of drug-likeness (QED) is 0.00943. The molecule has 0 spiro atoms. The third-order valence-corrected chi connectivity index (χ3v) is 14.9. The number of guanidine groups is 3. The molecule has 464 valence electrons. The molecule has 3 fully saturated rings. The van der Waals surface area contributed by atoms with Crippen molar-refractivity contribution in [3.05, 3.63) is 10.4 Å². The van der Waals surface area contributed by atoms with E-state index in [9.17, 15) is 33.6 Å². The van der Waals surface area contributed by atoms with Crippen LogP contribution >= 0.6 is 0 Å². The molecule has 0 heterocycles. The fourth-order valence-corrected chi connectivity index (χ4v) is 10.6. The maximum absolute atomic E-state index is 14.8. The Labute approximate surface area is 482 Å². The largest absolute Gasteiger partial charge is 0.379 e. The van der Waals surface area contributed by atoms with Crippen LogP contribution in [0.4, 0.5) is 0 Å². The number of nitrogens with two attached hydrogens (primary N) is 7. The van der Waals surface area contributed by atoms with Gasteiger partial charge in [0.05, 0.1) is 33.0 Å². The summed E-state index contributed by atoms with van der Waals surface area (Å²) in [6, 6.07) is -6.91. The third kappa shape index (κ3) is 30.9. The highest BCUT2D eigenvalue weighted by molar-refractivity contribution is 5.97. The van der Waals surface area contributed by atoms with Crippen LogP contribution in [0.15, 0.2) is 20.1 Å². The molecular weight excluding hydrogens is 1060 g/mol. The van der Waals surface area contributed by atoms with Crippen LogP contribution in [-0.2, 0) is 47.8 Å². The average molecular weight is 1160 g/mol. The van der Waals surface area contributed by atoms with E-state index in [0.29, 0.717) is 12.8 Å². The second kappa shape index (κ2) is 41.3. The molecule has 7 amide bonds. The van der Waals surface area contributed by atoms with Crippen LogP contribution in [0.1, 0.15) is 154 Å². The van der Waals surface area contributed by atoms with Crippen molar-refractivity contribution in [3.63, 3.8) is 0 Å². The normalized spacial score (nSPS) is 17.1. The van der Waals surface area contributed by atoms with Gasteiger partial charge in [0, 0.05) is 31.1 Å². The van der Waals surface area contributed by atoms with Gasteiger partial charge in [-0.1, -0.05) is 101 Å². The molecule has 0 radical (unpaired) electrons. The van der Waals surface area contributed by atoms with Crippen molar-refractivity contribution < 1.29 is 47.8 Å². The molecule has 0 aromatic rings. The highest BCUT2D eigenvalue weighted by Gasteiger charge is 2.36. The molecule has 3 saturated carbocycles. The van der Waals surface area contributed by atoms with Gasteiger partial charge in [0.15, 0.2) is 17.9 Å². The van der Waals surface area contributed by atoms with Gasteiger partial charge in [-0.2, -0.15) is 0 Å². The Kier molecular flexibility index (Phi) is 35.0. The molecule has 0 saturated heterocycles. The zero-order valence-electron chi connectivity index (χ0n) is 48.0. The van der Waals surface area contributed by atoms with E-state index >= 15 is 0 Å². The molecule has 3 rings (SSSR count). The van der Waals surface area contributed by atoms with Gasteiger partial charge in [-0.25, -0.2) is 0 Å². The van der Waals surface area contributed by atoms with Crippen LogP contribution in [-0.4, -0.2) is 161 Å². The molecule has 0 aliphatic heterocycles. The van der Waals surface area contributed by atoms with Crippen LogP contribution in [0.25, 0.3) is 10.4 Å². The molecule has 82 heavy (non-hydrogen) atoms. The maximum Gasteiger partial charge on any atom is 0.246 e. The minimum Gasteiger partial charge on any atom is -0.379 e. The Morgan fingerprint density at radius 2 is 0.732 bits per heavy atom. The van der Waals surface area contributed by atoms with Gasteiger partial charge in [-0.15, -0.1) is 0 Å². The first-order chi connectivity index (χ1) is 39.4. The SMILES string of the molecule is [N-]=[N+]=NCCOCCOCCOCC(=O)N[C@@H](CC1CCCCC1)C(=O)N[C@H](CCCN=C(N)N)C(=O)N[C@@H](CC1CCCCC1)C(=O)N[C@H](CCCN=C(N)N)C(=O)N[C@@H](CC1CCCCC1)C(=O)N[C@H](CCCN=C(N)N)C(N)=O. The van der Waals surface area contributed by atoms with Crippen molar-refractivity contribution in [2.75, 3.05) is 65.8 Å². The van der Waals surface area contributed by atoms with Crippen molar-refractivity contribution in [1.29, 1.82) is 0 Å². The lowest BCUT2D eigenvalue weighted by molar-refractivity contribution is -0.136. The highest BCUT2D eigenvalue weighted by Crippen LogP contribution is 2.30. The van der Waals surface area contributed by atoms with Gasteiger partial charge in [-0.05, 0) is 81.1 Å². The van der Waals surface area contributed by atoms with E-state index in [0.717, 1.165) is 96.3 Å². The number of hydrogen-bond donors (Lipinski definition) is 13. The van der Waals surface area contributed by atoms with Gasteiger partial charge in [0.1, 0.15) is 42.9 Å². The zero-order chi connectivity index (χ0) is 59.9. The fourth-order valence-electron chi connectivity index (χ4n) is 10.6. The molecule has 3 aliphatic carbocycles. The summed E-state index contributed by atoms with van der Waals surface area (Å²) in [6.07, 6.45) is 15.6. The Bertz CT molecular complexity index is 2080. The van der Waals surface area contributed by atoms with Gasteiger partial charge in [0.2, 0.25) is 41.4 Å². The predicted molar refractivity (Wildman–Crippen MR) is 311 cm³/mol. The number of rotatable bonds is 41. The van der Waals surface area contributed by atoms with Crippen molar-refractivity contribution in [1.82, 2.24) is 31.9 Å². The van der Waals surface area contributed by atoms with E-state index in [1.54, 1.807) is 0 Å². The smallest absolute Gasteiger partial charge is 0.246 e. The molecule has 0 unspecified atom stereocenters.